The third-order valence-corrected chi connectivity index (χ3v) is 3.71. The highest BCUT2D eigenvalue weighted by Gasteiger charge is 2.32. The molecule has 17 heavy (non-hydrogen) atoms. The molecule has 2 fully saturated rings. The van der Waals surface area contributed by atoms with Crippen LogP contribution in [-0.2, 0) is 9.53 Å². The Bertz CT molecular complexity index is 299. The van der Waals surface area contributed by atoms with E-state index >= 15 is 0 Å². The van der Waals surface area contributed by atoms with Crippen molar-refractivity contribution in [1.82, 2.24) is 4.90 Å². The summed E-state index contributed by atoms with van der Waals surface area (Å²) in [5.74, 6) is -0.734. The van der Waals surface area contributed by atoms with Gasteiger partial charge >= 0.3 is 12.1 Å². The molecule has 5 heteroatoms. The minimum atomic E-state index is -0.823. The minimum absolute atomic E-state index is 0.291. The number of likely N-dealkylation sites (tertiary alicyclic amines) is 1. The fourth-order valence-corrected chi connectivity index (χ4v) is 2.59. The van der Waals surface area contributed by atoms with Crippen LogP contribution >= 0.6 is 0 Å². The second-order valence-corrected chi connectivity index (χ2v) is 5.00. The van der Waals surface area contributed by atoms with Gasteiger partial charge in [-0.2, -0.15) is 0 Å². The van der Waals surface area contributed by atoms with Crippen molar-refractivity contribution in [3.05, 3.63) is 0 Å². The normalized spacial score (nSPS) is 25.2. The van der Waals surface area contributed by atoms with E-state index in [0.717, 1.165) is 12.8 Å². The maximum Gasteiger partial charge on any atom is 0.409 e. The number of hydrogen-bond donors (Lipinski definition) is 1. The largest absolute Gasteiger partial charge is 0.481 e. The van der Waals surface area contributed by atoms with E-state index in [0.29, 0.717) is 32.0 Å². The van der Waals surface area contributed by atoms with Crippen molar-refractivity contribution in [3.63, 3.8) is 0 Å². The lowest BCUT2D eigenvalue weighted by atomic mass is 10.1. The van der Waals surface area contributed by atoms with Crippen LogP contribution in [0, 0.1) is 11.8 Å². The van der Waals surface area contributed by atoms with Crippen LogP contribution in [0.4, 0.5) is 4.79 Å². The Morgan fingerprint density at radius 2 is 1.94 bits per heavy atom. The van der Waals surface area contributed by atoms with E-state index in [2.05, 4.69) is 0 Å². The molecule has 1 saturated heterocycles. The standard InChI is InChI=1S/C12H19NO4/c14-11(15)10-5-6-13(7-10)12(16)17-8-9-3-1-2-4-9/h9-10H,1-8H2,(H,14,15). The Kier molecular flexibility index (Phi) is 3.86. The highest BCUT2D eigenvalue weighted by molar-refractivity contribution is 5.74. The smallest absolute Gasteiger partial charge is 0.409 e. The molecule has 1 aliphatic carbocycles. The number of amides is 1. The molecule has 1 N–H and O–H groups in total. The summed E-state index contributed by atoms with van der Waals surface area (Å²) < 4.78 is 5.23. The summed E-state index contributed by atoms with van der Waals surface area (Å²) >= 11 is 0. The van der Waals surface area contributed by atoms with E-state index in [4.69, 9.17) is 9.84 Å². The first-order valence-corrected chi connectivity index (χ1v) is 6.31. The number of carbonyl (C=O) groups is 2. The van der Waals surface area contributed by atoms with E-state index < -0.39 is 11.9 Å². The van der Waals surface area contributed by atoms with Crippen molar-refractivity contribution >= 4 is 12.1 Å². The van der Waals surface area contributed by atoms with Crippen LogP contribution in [0.25, 0.3) is 0 Å². The zero-order valence-electron chi connectivity index (χ0n) is 9.93. The predicted molar refractivity (Wildman–Crippen MR) is 60.6 cm³/mol. The Morgan fingerprint density at radius 3 is 2.53 bits per heavy atom. The van der Waals surface area contributed by atoms with Crippen LogP contribution in [0.5, 0.6) is 0 Å². The van der Waals surface area contributed by atoms with Crippen LogP contribution in [-0.4, -0.2) is 41.8 Å². The Balaban J connectivity index is 1.71. The first-order valence-electron chi connectivity index (χ1n) is 6.31. The Hall–Kier alpha value is -1.26. The number of hydrogen-bond acceptors (Lipinski definition) is 3. The monoisotopic (exact) mass is 241 g/mol. The number of carboxylic acid groups (broad SMARTS) is 1. The summed E-state index contributed by atoms with van der Waals surface area (Å²) in [6, 6.07) is 0. The van der Waals surface area contributed by atoms with Gasteiger partial charge in [0.15, 0.2) is 0 Å². The van der Waals surface area contributed by atoms with E-state index in [1.807, 2.05) is 0 Å². The predicted octanol–water partition coefficient (Wildman–Crippen LogP) is 1.72. The molecule has 1 heterocycles. The summed E-state index contributed by atoms with van der Waals surface area (Å²) in [4.78, 5) is 23.9. The zero-order valence-corrected chi connectivity index (χ0v) is 9.93. The van der Waals surface area contributed by atoms with Gasteiger partial charge in [-0.3, -0.25) is 4.79 Å². The van der Waals surface area contributed by atoms with E-state index in [-0.39, 0.29) is 6.09 Å². The third kappa shape index (κ3) is 3.11. The van der Waals surface area contributed by atoms with E-state index in [9.17, 15) is 9.59 Å². The van der Waals surface area contributed by atoms with Crippen LogP contribution < -0.4 is 0 Å². The molecule has 0 spiro atoms. The molecule has 96 valence electrons. The van der Waals surface area contributed by atoms with Gasteiger partial charge in [0.25, 0.3) is 0 Å². The van der Waals surface area contributed by atoms with Gasteiger partial charge in [-0.1, -0.05) is 12.8 Å². The summed E-state index contributed by atoms with van der Waals surface area (Å²) in [5.41, 5.74) is 0. The SMILES string of the molecule is O=C(O)C1CCN(C(=O)OCC2CCCC2)C1. The average Bonchev–Trinajstić information content (AvgIpc) is 2.96. The number of aliphatic carboxylic acids is 1. The van der Waals surface area contributed by atoms with Crippen LogP contribution in [0.15, 0.2) is 0 Å². The van der Waals surface area contributed by atoms with Crippen molar-refractivity contribution in [2.24, 2.45) is 11.8 Å². The van der Waals surface area contributed by atoms with E-state index in [1.165, 1.54) is 17.7 Å². The van der Waals surface area contributed by atoms with Crippen molar-refractivity contribution in [2.75, 3.05) is 19.7 Å². The second kappa shape index (κ2) is 5.38. The number of carbonyl (C=O) groups excluding carboxylic acids is 1. The van der Waals surface area contributed by atoms with Gasteiger partial charge in [0, 0.05) is 13.1 Å². The van der Waals surface area contributed by atoms with Gasteiger partial charge in [0.05, 0.1) is 12.5 Å². The number of carboxylic acids is 1. The molecule has 2 rings (SSSR count). The van der Waals surface area contributed by atoms with Crippen LogP contribution in [0.2, 0.25) is 0 Å². The molecule has 1 unspecified atom stereocenters. The van der Waals surface area contributed by atoms with Crippen LogP contribution in [0.1, 0.15) is 32.1 Å². The molecule has 1 saturated carbocycles. The van der Waals surface area contributed by atoms with Gasteiger partial charge in [-0.15, -0.1) is 0 Å². The average molecular weight is 241 g/mol. The number of rotatable bonds is 3. The van der Waals surface area contributed by atoms with Gasteiger partial charge in [0.2, 0.25) is 0 Å². The summed E-state index contributed by atoms with van der Waals surface area (Å²) in [6.45, 7) is 1.28. The van der Waals surface area contributed by atoms with Gasteiger partial charge in [-0.25, -0.2) is 4.79 Å². The van der Waals surface area contributed by atoms with Crippen LogP contribution in [0.3, 0.4) is 0 Å². The second-order valence-electron chi connectivity index (χ2n) is 5.00. The first kappa shape index (κ1) is 12.2. The molecular weight excluding hydrogens is 222 g/mol. The molecule has 1 aliphatic heterocycles. The minimum Gasteiger partial charge on any atom is -0.481 e. The van der Waals surface area contributed by atoms with Gasteiger partial charge in [0.1, 0.15) is 0 Å². The lowest BCUT2D eigenvalue weighted by Crippen LogP contribution is -2.31. The van der Waals surface area contributed by atoms with Crippen molar-refractivity contribution in [3.8, 4) is 0 Å². The molecule has 5 nitrogen and oxygen atoms in total. The Morgan fingerprint density at radius 1 is 1.24 bits per heavy atom. The molecule has 0 aromatic carbocycles. The number of ether oxygens (including phenoxy) is 1. The third-order valence-electron chi connectivity index (χ3n) is 3.71. The molecule has 0 aromatic rings. The lowest BCUT2D eigenvalue weighted by molar-refractivity contribution is -0.141. The topological polar surface area (TPSA) is 66.8 Å². The van der Waals surface area contributed by atoms with E-state index in [1.54, 1.807) is 0 Å². The summed E-state index contributed by atoms with van der Waals surface area (Å²) in [5, 5.41) is 8.84. The van der Waals surface area contributed by atoms with Crippen molar-refractivity contribution < 1.29 is 19.4 Å². The molecular formula is C12H19NO4. The molecule has 1 atom stereocenters. The van der Waals surface area contributed by atoms with Crippen molar-refractivity contribution in [2.45, 2.75) is 32.1 Å². The molecule has 0 aromatic heterocycles. The van der Waals surface area contributed by atoms with Gasteiger partial charge < -0.3 is 14.7 Å². The van der Waals surface area contributed by atoms with Gasteiger partial charge in [-0.05, 0) is 25.2 Å². The Labute approximate surface area is 101 Å². The fraction of sp³-hybridized carbons (Fsp3) is 0.833. The highest BCUT2D eigenvalue weighted by Crippen LogP contribution is 2.25. The molecule has 0 radical (unpaired) electrons. The lowest BCUT2D eigenvalue weighted by Gasteiger charge is -2.17. The maximum absolute atomic E-state index is 11.7. The highest BCUT2D eigenvalue weighted by atomic mass is 16.6. The molecule has 0 bridgehead atoms. The quantitative estimate of drug-likeness (QED) is 0.817. The maximum atomic E-state index is 11.7. The first-order chi connectivity index (χ1) is 8.16. The summed E-state index contributed by atoms with van der Waals surface area (Å²) in [7, 11) is 0. The molecule has 2 aliphatic rings. The zero-order chi connectivity index (χ0) is 12.3. The summed E-state index contributed by atoms with van der Waals surface area (Å²) in [6.07, 6.45) is 4.94. The fourth-order valence-electron chi connectivity index (χ4n) is 2.59. The van der Waals surface area contributed by atoms with Crippen molar-refractivity contribution in [1.29, 1.82) is 0 Å². The number of nitrogens with zero attached hydrogens (tertiary/aromatic N) is 1. The molecule has 1 amide bonds.